The van der Waals surface area contributed by atoms with Crippen LogP contribution in [0.5, 0.6) is 0 Å². The Labute approximate surface area is 185 Å². The zero-order valence-electron chi connectivity index (χ0n) is 17.7. The number of hydrogen-bond acceptors (Lipinski definition) is 8. The standard InChI is InChI=1S/C19H25FN6O5S/c1-13(27)22-10-15-11-26(18(28)31-15)14-3-4-17(16(20)9-14)25-7-5-19(12-21,6-8-25)23-24-32(2,29)30/h3-4,9,15,23-24H,5-8,10-11H2,1-2H3,(H,22,27)/t15-/m0/s1. The van der Waals surface area contributed by atoms with E-state index < -0.39 is 33.6 Å². The molecule has 32 heavy (non-hydrogen) atoms. The Morgan fingerprint density at radius 1 is 1.38 bits per heavy atom. The first kappa shape index (κ1) is 23.7. The van der Waals surface area contributed by atoms with Crippen molar-refractivity contribution in [3.63, 3.8) is 0 Å². The van der Waals surface area contributed by atoms with Gasteiger partial charge in [-0.3, -0.25) is 9.69 Å². The molecule has 0 bridgehead atoms. The Kier molecular flexibility index (Phi) is 6.87. The molecule has 174 valence electrons. The Morgan fingerprint density at radius 3 is 2.62 bits per heavy atom. The predicted octanol–water partition coefficient (Wildman–Crippen LogP) is 0.203. The number of nitrogens with zero attached hydrogens (tertiary/aromatic N) is 3. The summed E-state index contributed by atoms with van der Waals surface area (Å²) >= 11 is 0. The molecular formula is C19H25FN6O5S. The number of hydrazine groups is 1. The largest absolute Gasteiger partial charge is 0.442 e. The molecule has 13 heteroatoms. The minimum Gasteiger partial charge on any atom is -0.442 e. The molecule has 2 saturated heterocycles. The number of ether oxygens (including phenoxy) is 1. The van der Waals surface area contributed by atoms with E-state index in [9.17, 15) is 27.7 Å². The van der Waals surface area contributed by atoms with Gasteiger partial charge in [-0.05, 0) is 31.0 Å². The van der Waals surface area contributed by atoms with Crippen LogP contribution in [0, 0.1) is 17.1 Å². The number of rotatable bonds is 7. The zero-order chi connectivity index (χ0) is 23.5. The van der Waals surface area contributed by atoms with E-state index in [1.54, 1.807) is 17.0 Å². The molecule has 0 radical (unpaired) electrons. The van der Waals surface area contributed by atoms with Crippen molar-refractivity contribution in [2.75, 3.05) is 42.2 Å². The molecule has 2 amide bonds. The Bertz CT molecular complexity index is 1040. The topological polar surface area (TPSA) is 144 Å². The van der Waals surface area contributed by atoms with Gasteiger partial charge in [0.05, 0.1) is 36.8 Å². The van der Waals surface area contributed by atoms with E-state index in [1.165, 1.54) is 17.9 Å². The lowest BCUT2D eigenvalue weighted by Crippen LogP contribution is -2.58. The minimum atomic E-state index is -3.52. The number of nitriles is 1. The van der Waals surface area contributed by atoms with E-state index in [0.717, 1.165) is 6.26 Å². The molecule has 11 nitrogen and oxygen atoms in total. The number of cyclic esters (lactones) is 1. The zero-order valence-corrected chi connectivity index (χ0v) is 18.5. The van der Waals surface area contributed by atoms with Gasteiger partial charge in [0.1, 0.15) is 17.5 Å². The summed E-state index contributed by atoms with van der Waals surface area (Å²) < 4.78 is 42.7. The van der Waals surface area contributed by atoms with Crippen LogP contribution in [-0.2, 0) is 19.6 Å². The number of halogens is 1. The lowest BCUT2D eigenvalue weighted by Gasteiger charge is -2.38. The number of benzene rings is 1. The lowest BCUT2D eigenvalue weighted by molar-refractivity contribution is -0.119. The molecule has 1 aromatic carbocycles. The molecule has 2 aliphatic rings. The van der Waals surface area contributed by atoms with E-state index >= 15 is 0 Å². The number of piperidine rings is 1. The minimum absolute atomic E-state index is 0.175. The van der Waals surface area contributed by atoms with Crippen molar-refractivity contribution in [2.45, 2.75) is 31.4 Å². The molecule has 2 fully saturated rings. The van der Waals surface area contributed by atoms with E-state index in [4.69, 9.17) is 4.74 Å². The van der Waals surface area contributed by atoms with Crippen molar-refractivity contribution in [2.24, 2.45) is 0 Å². The molecule has 1 atom stereocenters. The highest BCUT2D eigenvalue weighted by molar-refractivity contribution is 7.88. The molecule has 1 aromatic rings. The van der Waals surface area contributed by atoms with Gasteiger partial charge in [-0.15, -0.1) is 0 Å². The van der Waals surface area contributed by atoms with Crippen molar-refractivity contribution >= 4 is 33.4 Å². The van der Waals surface area contributed by atoms with Crippen LogP contribution in [0.3, 0.4) is 0 Å². The van der Waals surface area contributed by atoms with Crippen LogP contribution in [0.15, 0.2) is 18.2 Å². The summed E-state index contributed by atoms with van der Waals surface area (Å²) in [7, 11) is -3.52. The van der Waals surface area contributed by atoms with Gasteiger partial charge in [-0.1, -0.05) is 0 Å². The third kappa shape index (κ3) is 5.64. The van der Waals surface area contributed by atoms with Crippen molar-refractivity contribution in [3.8, 4) is 6.07 Å². The average molecular weight is 469 g/mol. The van der Waals surface area contributed by atoms with Crippen LogP contribution in [-0.4, -0.2) is 64.5 Å². The van der Waals surface area contributed by atoms with Gasteiger partial charge in [-0.25, -0.2) is 23.0 Å². The Morgan fingerprint density at radius 2 is 2.06 bits per heavy atom. The molecule has 3 rings (SSSR count). The van der Waals surface area contributed by atoms with E-state index in [1.807, 2.05) is 0 Å². The average Bonchev–Trinajstić information content (AvgIpc) is 3.11. The lowest BCUT2D eigenvalue weighted by atomic mass is 9.89. The van der Waals surface area contributed by atoms with Crippen molar-refractivity contribution < 1.29 is 27.1 Å². The van der Waals surface area contributed by atoms with Crippen molar-refractivity contribution in [3.05, 3.63) is 24.0 Å². The molecule has 2 aliphatic heterocycles. The second-order valence-corrected chi connectivity index (χ2v) is 9.62. The SMILES string of the molecule is CC(=O)NC[C@H]1CN(c2ccc(N3CCC(C#N)(NNS(C)(=O)=O)CC3)c(F)c2)C(=O)O1. The number of sulfonamides is 1. The summed E-state index contributed by atoms with van der Waals surface area (Å²) in [6, 6.07) is 6.51. The second kappa shape index (κ2) is 9.27. The number of carbonyl (C=O) groups excluding carboxylic acids is 2. The number of hydrogen-bond donors (Lipinski definition) is 3. The monoisotopic (exact) mass is 468 g/mol. The van der Waals surface area contributed by atoms with Gasteiger partial charge in [0.25, 0.3) is 0 Å². The Hall–Kier alpha value is -2.95. The summed E-state index contributed by atoms with van der Waals surface area (Å²) in [4.78, 5) is 28.4. The third-order valence-corrected chi connectivity index (χ3v) is 5.82. The Balaban J connectivity index is 1.64. The first-order valence-corrected chi connectivity index (χ1v) is 11.8. The van der Waals surface area contributed by atoms with Crippen LogP contribution >= 0.6 is 0 Å². The van der Waals surface area contributed by atoms with E-state index in [0.29, 0.717) is 24.5 Å². The number of amides is 2. The molecule has 0 aromatic heterocycles. The van der Waals surface area contributed by atoms with Gasteiger partial charge in [0.2, 0.25) is 15.9 Å². The summed E-state index contributed by atoms with van der Waals surface area (Å²) in [5.74, 6) is -0.772. The van der Waals surface area contributed by atoms with Gasteiger partial charge < -0.3 is 15.0 Å². The van der Waals surface area contributed by atoms with Crippen LogP contribution in [0.25, 0.3) is 0 Å². The number of carbonyl (C=O) groups is 2. The molecule has 0 unspecified atom stereocenters. The maximum atomic E-state index is 14.9. The summed E-state index contributed by atoms with van der Waals surface area (Å²) in [6.45, 7) is 2.38. The number of nitrogens with one attached hydrogen (secondary N) is 3. The number of anilines is 2. The van der Waals surface area contributed by atoms with Crippen LogP contribution in [0.4, 0.5) is 20.6 Å². The summed E-state index contributed by atoms with van der Waals surface area (Å²) in [6.07, 6.45) is 0.389. The normalized spacial score (nSPS) is 20.6. The van der Waals surface area contributed by atoms with Crippen LogP contribution < -0.4 is 25.4 Å². The predicted molar refractivity (Wildman–Crippen MR) is 114 cm³/mol. The molecular weight excluding hydrogens is 443 g/mol. The van der Waals surface area contributed by atoms with Crippen molar-refractivity contribution in [1.82, 2.24) is 15.6 Å². The van der Waals surface area contributed by atoms with Gasteiger partial charge in [0.15, 0.2) is 0 Å². The van der Waals surface area contributed by atoms with E-state index in [2.05, 4.69) is 21.6 Å². The highest BCUT2D eigenvalue weighted by atomic mass is 32.2. The fourth-order valence-electron chi connectivity index (χ4n) is 3.60. The molecule has 0 spiro atoms. The second-order valence-electron chi connectivity index (χ2n) is 7.87. The van der Waals surface area contributed by atoms with Crippen LogP contribution in [0.2, 0.25) is 0 Å². The fraction of sp³-hybridized carbons (Fsp3) is 0.526. The maximum Gasteiger partial charge on any atom is 0.414 e. The smallest absolute Gasteiger partial charge is 0.414 e. The first-order valence-electron chi connectivity index (χ1n) is 9.94. The third-order valence-electron chi connectivity index (χ3n) is 5.34. The van der Waals surface area contributed by atoms with Crippen molar-refractivity contribution in [1.29, 1.82) is 5.26 Å². The molecule has 0 aliphatic carbocycles. The maximum absolute atomic E-state index is 14.9. The molecule has 3 N–H and O–H groups in total. The molecule has 2 heterocycles. The highest BCUT2D eigenvalue weighted by Gasteiger charge is 2.37. The van der Waals surface area contributed by atoms with Gasteiger partial charge >= 0.3 is 6.09 Å². The van der Waals surface area contributed by atoms with Gasteiger partial charge in [0, 0.05) is 20.0 Å². The molecule has 0 saturated carbocycles. The van der Waals surface area contributed by atoms with Crippen LogP contribution in [0.1, 0.15) is 19.8 Å². The quantitative estimate of drug-likeness (QED) is 0.482. The summed E-state index contributed by atoms with van der Waals surface area (Å²) in [5.41, 5.74) is 2.15. The van der Waals surface area contributed by atoms with Gasteiger partial charge in [-0.2, -0.15) is 10.1 Å². The fourth-order valence-corrected chi connectivity index (χ4v) is 3.98. The van der Waals surface area contributed by atoms with E-state index in [-0.39, 0.29) is 31.8 Å². The first-order chi connectivity index (χ1) is 15.0. The highest BCUT2D eigenvalue weighted by Crippen LogP contribution is 2.31. The summed E-state index contributed by atoms with van der Waals surface area (Å²) in [5, 5.41) is 12.1.